The van der Waals surface area contributed by atoms with Crippen molar-refractivity contribution in [2.24, 2.45) is 0 Å². The first-order valence-corrected chi connectivity index (χ1v) is 14.9. The molecule has 0 saturated carbocycles. The zero-order valence-electron chi connectivity index (χ0n) is 23.3. The smallest absolute Gasteiger partial charge is 0.394 e. The molecule has 232 valence electrons. The van der Waals surface area contributed by atoms with Crippen molar-refractivity contribution >= 4 is 38.8 Å². The zero-order valence-corrected chi connectivity index (χ0v) is 24.1. The standard InChI is InChI=1S/C29H27F5N6O3S/c1-16(15-41)37-27-22(14-36-28(40-27)38-20-5-7-21(8-6-20)44(2,35)43)17-3-10-25(24(31)12-17)39-26(42)13-18-11-19(29(32,33)34)4-9-23(18)30/h3-12,14,16,35,41H,13,15H2,1-2H3,(H,39,42)(H2,36,37,38,40). The van der Waals surface area contributed by atoms with Crippen LogP contribution < -0.4 is 16.0 Å². The number of nitrogens with zero attached hydrogens (tertiary/aromatic N) is 2. The summed E-state index contributed by atoms with van der Waals surface area (Å²) in [5.74, 6) is -2.44. The first kappa shape index (κ1) is 32.3. The summed E-state index contributed by atoms with van der Waals surface area (Å²) in [6, 6.07) is 11.3. The Bertz CT molecular complexity index is 1780. The normalized spacial score (nSPS) is 13.5. The monoisotopic (exact) mass is 634 g/mol. The highest BCUT2D eigenvalue weighted by Gasteiger charge is 2.31. The molecule has 15 heteroatoms. The van der Waals surface area contributed by atoms with Crippen LogP contribution in [0.4, 0.5) is 45.1 Å². The van der Waals surface area contributed by atoms with Crippen molar-refractivity contribution < 1.29 is 36.1 Å². The van der Waals surface area contributed by atoms with E-state index in [1.165, 1.54) is 36.7 Å². The molecule has 44 heavy (non-hydrogen) atoms. The maximum Gasteiger partial charge on any atom is 0.416 e. The van der Waals surface area contributed by atoms with Gasteiger partial charge in [-0.3, -0.25) is 4.79 Å². The summed E-state index contributed by atoms with van der Waals surface area (Å²) in [6.45, 7) is 1.44. The molecule has 9 nitrogen and oxygen atoms in total. The van der Waals surface area contributed by atoms with E-state index in [1.807, 2.05) is 0 Å². The third-order valence-corrected chi connectivity index (χ3v) is 7.46. The molecule has 4 rings (SSSR count). The number of carbonyl (C=O) groups excluding carboxylic acids is 1. The van der Waals surface area contributed by atoms with Gasteiger partial charge in [0.1, 0.15) is 17.5 Å². The molecule has 0 aliphatic carbocycles. The molecule has 4 aromatic rings. The van der Waals surface area contributed by atoms with Crippen molar-refractivity contribution in [1.82, 2.24) is 9.97 Å². The van der Waals surface area contributed by atoms with Gasteiger partial charge >= 0.3 is 6.18 Å². The van der Waals surface area contributed by atoms with E-state index < -0.39 is 57.0 Å². The van der Waals surface area contributed by atoms with Crippen LogP contribution in [0.3, 0.4) is 0 Å². The lowest BCUT2D eigenvalue weighted by Crippen LogP contribution is -2.21. The summed E-state index contributed by atoms with van der Waals surface area (Å²) >= 11 is 0. The molecule has 2 unspecified atom stereocenters. The van der Waals surface area contributed by atoms with Crippen LogP contribution in [-0.4, -0.2) is 44.1 Å². The van der Waals surface area contributed by atoms with Crippen LogP contribution in [0, 0.1) is 16.4 Å². The van der Waals surface area contributed by atoms with E-state index in [-0.39, 0.29) is 24.1 Å². The number of benzene rings is 3. The second-order valence-corrected chi connectivity index (χ2v) is 12.1. The minimum absolute atomic E-state index is 0.142. The first-order chi connectivity index (χ1) is 20.6. The van der Waals surface area contributed by atoms with E-state index in [0.29, 0.717) is 39.9 Å². The van der Waals surface area contributed by atoms with Crippen molar-refractivity contribution in [1.29, 1.82) is 4.78 Å². The minimum Gasteiger partial charge on any atom is -0.394 e. The predicted molar refractivity (Wildman–Crippen MR) is 156 cm³/mol. The molecule has 1 heterocycles. The molecule has 5 N–H and O–H groups in total. The Morgan fingerprint density at radius 2 is 1.75 bits per heavy atom. The lowest BCUT2D eigenvalue weighted by Gasteiger charge is -2.17. The maximum absolute atomic E-state index is 15.1. The summed E-state index contributed by atoms with van der Waals surface area (Å²) < 4.78 is 87.7. The summed E-state index contributed by atoms with van der Waals surface area (Å²) in [5, 5.41) is 17.8. The average Bonchev–Trinajstić information content (AvgIpc) is 2.94. The minimum atomic E-state index is -4.72. The molecule has 0 spiro atoms. The van der Waals surface area contributed by atoms with Crippen LogP contribution in [-0.2, 0) is 27.1 Å². The molecule has 1 amide bonds. The van der Waals surface area contributed by atoms with Crippen LogP contribution in [0.15, 0.2) is 71.8 Å². The fourth-order valence-corrected chi connectivity index (χ4v) is 4.66. The number of alkyl halides is 3. The van der Waals surface area contributed by atoms with E-state index in [9.17, 15) is 31.7 Å². The molecule has 0 saturated heterocycles. The Morgan fingerprint density at radius 3 is 2.36 bits per heavy atom. The third kappa shape index (κ3) is 8.05. The van der Waals surface area contributed by atoms with Crippen LogP contribution in [0.25, 0.3) is 11.1 Å². The molecule has 3 aromatic carbocycles. The third-order valence-electron chi connectivity index (χ3n) is 6.28. The van der Waals surface area contributed by atoms with Crippen LogP contribution in [0.5, 0.6) is 0 Å². The predicted octanol–water partition coefficient (Wildman–Crippen LogP) is 6.19. The number of aliphatic hydroxyl groups excluding tert-OH is 1. The Balaban J connectivity index is 1.55. The molecular weight excluding hydrogens is 607 g/mol. The summed E-state index contributed by atoms with van der Waals surface area (Å²) in [6.07, 6.45) is -2.77. The second kappa shape index (κ2) is 12.9. The van der Waals surface area contributed by atoms with Crippen molar-refractivity contribution in [2.75, 3.05) is 28.8 Å². The highest BCUT2D eigenvalue weighted by molar-refractivity contribution is 7.91. The lowest BCUT2D eigenvalue weighted by atomic mass is 10.1. The number of anilines is 4. The Kier molecular flexibility index (Phi) is 9.49. The molecule has 2 atom stereocenters. The molecule has 0 fully saturated rings. The Morgan fingerprint density at radius 1 is 1.05 bits per heavy atom. The van der Waals surface area contributed by atoms with E-state index in [4.69, 9.17) is 4.78 Å². The van der Waals surface area contributed by atoms with Gasteiger partial charge in [-0.1, -0.05) is 6.07 Å². The fourth-order valence-electron chi connectivity index (χ4n) is 4.01. The van der Waals surface area contributed by atoms with Gasteiger partial charge in [0.25, 0.3) is 0 Å². The second-order valence-electron chi connectivity index (χ2n) is 9.90. The number of nitrogens with one attached hydrogen (secondary N) is 4. The van der Waals surface area contributed by atoms with Gasteiger partial charge in [-0.2, -0.15) is 18.2 Å². The molecule has 0 aliphatic rings. The SMILES string of the molecule is CC(CO)Nc1nc(Nc2ccc(S(C)(=N)=O)cc2)ncc1-c1ccc(NC(=O)Cc2cc(C(F)(F)F)ccc2F)c(F)c1. The average molecular weight is 635 g/mol. The topological polar surface area (TPSA) is 140 Å². The summed E-state index contributed by atoms with van der Waals surface area (Å²) in [5.41, 5.74) is -0.713. The quantitative estimate of drug-likeness (QED) is 0.131. The number of hydrogen-bond donors (Lipinski definition) is 5. The van der Waals surface area contributed by atoms with E-state index in [1.54, 1.807) is 19.1 Å². The molecule has 0 radical (unpaired) electrons. The Hall–Kier alpha value is -4.63. The number of rotatable bonds is 10. The van der Waals surface area contributed by atoms with Crippen molar-refractivity contribution in [3.8, 4) is 11.1 Å². The van der Waals surface area contributed by atoms with E-state index in [0.717, 1.165) is 6.07 Å². The van der Waals surface area contributed by atoms with Gasteiger partial charge in [0.2, 0.25) is 11.9 Å². The number of halogens is 5. The van der Waals surface area contributed by atoms with Crippen molar-refractivity contribution in [3.63, 3.8) is 0 Å². The van der Waals surface area contributed by atoms with Gasteiger partial charge in [0, 0.05) is 34.6 Å². The first-order valence-electron chi connectivity index (χ1n) is 12.9. The van der Waals surface area contributed by atoms with Crippen molar-refractivity contribution in [3.05, 3.63) is 89.6 Å². The van der Waals surface area contributed by atoms with Crippen molar-refractivity contribution in [2.45, 2.75) is 30.5 Å². The highest BCUT2D eigenvalue weighted by atomic mass is 32.2. The van der Waals surface area contributed by atoms with Gasteiger partial charge in [-0.15, -0.1) is 0 Å². The Labute approximate surface area is 249 Å². The summed E-state index contributed by atoms with van der Waals surface area (Å²) in [7, 11) is -2.89. The van der Waals surface area contributed by atoms with E-state index >= 15 is 4.39 Å². The molecule has 1 aromatic heterocycles. The lowest BCUT2D eigenvalue weighted by molar-refractivity contribution is -0.137. The van der Waals surface area contributed by atoms with Gasteiger partial charge in [0.05, 0.1) is 34.0 Å². The maximum atomic E-state index is 15.1. The number of carbonyl (C=O) groups is 1. The van der Waals surface area contributed by atoms with Gasteiger partial charge in [-0.25, -0.2) is 22.8 Å². The van der Waals surface area contributed by atoms with Gasteiger partial charge < -0.3 is 21.1 Å². The number of aromatic nitrogens is 2. The zero-order chi connectivity index (χ0) is 32.2. The number of hydrogen-bond acceptors (Lipinski definition) is 8. The van der Waals surface area contributed by atoms with E-state index in [2.05, 4.69) is 25.9 Å². The molecule has 0 aliphatic heterocycles. The number of aliphatic hydroxyl groups is 1. The largest absolute Gasteiger partial charge is 0.416 e. The summed E-state index contributed by atoms with van der Waals surface area (Å²) in [4.78, 5) is 21.5. The van der Waals surface area contributed by atoms with Gasteiger partial charge in [0.15, 0.2) is 0 Å². The number of amides is 1. The fraction of sp³-hybridized carbons (Fsp3) is 0.207. The van der Waals surface area contributed by atoms with Crippen LogP contribution >= 0.6 is 0 Å². The highest BCUT2D eigenvalue weighted by Crippen LogP contribution is 2.32. The van der Waals surface area contributed by atoms with Crippen LogP contribution in [0.2, 0.25) is 0 Å². The van der Waals surface area contributed by atoms with Gasteiger partial charge in [-0.05, 0) is 72.6 Å². The van der Waals surface area contributed by atoms with Crippen LogP contribution in [0.1, 0.15) is 18.1 Å². The molecule has 0 bridgehead atoms. The molecular formula is C29H27F5N6O3S.